The molecule has 190 valence electrons. The molecule has 1 aromatic heterocycles. The van der Waals surface area contributed by atoms with Crippen molar-refractivity contribution in [3.05, 3.63) is 12.1 Å². The smallest absolute Gasteiger partial charge is 0.315 e. The minimum absolute atomic E-state index is 0.0238. The van der Waals surface area contributed by atoms with E-state index in [0.717, 1.165) is 23.6 Å². The van der Waals surface area contributed by atoms with Gasteiger partial charge in [0.05, 0.1) is 5.69 Å². The third-order valence-corrected chi connectivity index (χ3v) is 6.88. The van der Waals surface area contributed by atoms with Crippen LogP contribution in [0.4, 0.5) is 10.5 Å². The van der Waals surface area contributed by atoms with Gasteiger partial charge < -0.3 is 16.0 Å². The lowest BCUT2D eigenvalue weighted by molar-refractivity contribution is -0.131. The fraction of sp³-hybridized carbons (Fsp3) is 0.600. The number of hydrogen-bond donors (Lipinski definition) is 5. The number of nitrogens with one attached hydrogen (secondary N) is 4. The Morgan fingerprint density at radius 3 is 2.41 bits per heavy atom. The van der Waals surface area contributed by atoms with Gasteiger partial charge in [-0.25, -0.2) is 27.6 Å². The summed E-state index contributed by atoms with van der Waals surface area (Å²) in [6.07, 6.45) is 2.72. The van der Waals surface area contributed by atoms with Crippen LogP contribution in [-0.2, 0) is 14.8 Å². The third-order valence-electron chi connectivity index (χ3n) is 5.03. The van der Waals surface area contributed by atoms with E-state index in [9.17, 15) is 18.0 Å². The first-order valence-electron chi connectivity index (χ1n) is 11.0. The van der Waals surface area contributed by atoms with Crippen molar-refractivity contribution in [2.75, 3.05) is 32.5 Å². The van der Waals surface area contributed by atoms with Crippen molar-refractivity contribution in [3.63, 3.8) is 0 Å². The van der Waals surface area contributed by atoms with Gasteiger partial charge in [0.1, 0.15) is 10.9 Å². The van der Waals surface area contributed by atoms with Crippen LogP contribution < -0.4 is 21.4 Å². The lowest BCUT2D eigenvalue weighted by atomic mass is 10.0. The molecule has 1 aromatic carbocycles. The summed E-state index contributed by atoms with van der Waals surface area (Å²) in [5.74, 6) is -0.489. The fourth-order valence-electron chi connectivity index (χ4n) is 3.23. The maximum absolute atomic E-state index is 12.4. The van der Waals surface area contributed by atoms with E-state index in [4.69, 9.17) is 9.84 Å². The zero-order chi connectivity index (χ0) is 25.3. The van der Waals surface area contributed by atoms with Gasteiger partial charge in [0.15, 0.2) is 11.0 Å². The molecular formula is C20H33N7O6S. The van der Waals surface area contributed by atoms with Crippen LogP contribution in [0.3, 0.4) is 0 Å². The Bertz CT molecular complexity index is 1070. The van der Waals surface area contributed by atoms with Gasteiger partial charge >= 0.3 is 6.03 Å². The number of rotatable bonds is 13. The van der Waals surface area contributed by atoms with Crippen molar-refractivity contribution < 1.29 is 27.8 Å². The minimum atomic E-state index is -3.68. The average molecular weight is 500 g/mol. The Labute approximate surface area is 198 Å². The van der Waals surface area contributed by atoms with Crippen LogP contribution in [0.2, 0.25) is 0 Å². The van der Waals surface area contributed by atoms with Gasteiger partial charge in [-0.05, 0) is 54.0 Å². The molecule has 14 heteroatoms. The Kier molecular flexibility index (Phi) is 10.0. The molecule has 0 aliphatic carbocycles. The largest absolute Gasteiger partial charge is 0.383 e. The molecule has 0 fully saturated rings. The Hall–Kier alpha value is -2.97. The summed E-state index contributed by atoms with van der Waals surface area (Å²) in [6.45, 7) is 4.85. The maximum Gasteiger partial charge on any atom is 0.315 e. The van der Waals surface area contributed by atoms with Gasteiger partial charge in [0.2, 0.25) is 10.0 Å². The Morgan fingerprint density at radius 2 is 1.76 bits per heavy atom. The molecule has 13 nitrogen and oxygen atoms in total. The normalized spacial score (nSPS) is 12.7. The predicted octanol–water partition coefficient (Wildman–Crippen LogP) is 1.27. The molecule has 0 saturated heterocycles. The number of urea groups is 1. The molecule has 34 heavy (non-hydrogen) atoms. The highest BCUT2D eigenvalue weighted by atomic mass is 32.2. The van der Waals surface area contributed by atoms with Crippen LogP contribution >= 0.6 is 0 Å². The van der Waals surface area contributed by atoms with Crippen molar-refractivity contribution in [1.82, 2.24) is 30.7 Å². The molecule has 0 spiro atoms. The SMILES string of the molecule is CC(C)CC(NC(=O)NCCCCCNc1ccc(S(=O)(=O)N(C)C)c2nonc12)C(=O)NO. The van der Waals surface area contributed by atoms with E-state index in [1.165, 1.54) is 20.2 Å². The van der Waals surface area contributed by atoms with Crippen LogP contribution in [0.25, 0.3) is 11.0 Å². The standard InChI is InChI=1S/C20H33N7O6S/c1-13(2)12-15(19(28)24-30)23-20(29)22-11-7-5-6-10-21-14-8-9-16(34(31,32)27(3)4)18-17(14)25-33-26-18/h8-9,13,15,21,30H,5-7,10-12H2,1-4H3,(H,24,28)(H2,22,23,29). The number of hydrogen-bond acceptors (Lipinski definition) is 9. The zero-order valence-electron chi connectivity index (χ0n) is 19.8. The van der Waals surface area contributed by atoms with Crippen LogP contribution in [-0.4, -0.2) is 73.4 Å². The van der Waals surface area contributed by atoms with Crippen LogP contribution in [0.5, 0.6) is 0 Å². The predicted molar refractivity (Wildman–Crippen MR) is 125 cm³/mol. The summed E-state index contributed by atoms with van der Waals surface area (Å²) in [5, 5.41) is 24.9. The van der Waals surface area contributed by atoms with Crippen LogP contribution in [0, 0.1) is 5.92 Å². The monoisotopic (exact) mass is 499 g/mol. The molecule has 5 N–H and O–H groups in total. The van der Waals surface area contributed by atoms with Crippen LogP contribution in [0.15, 0.2) is 21.7 Å². The summed E-state index contributed by atoms with van der Waals surface area (Å²) in [5.41, 5.74) is 2.69. The number of anilines is 1. The van der Waals surface area contributed by atoms with E-state index in [0.29, 0.717) is 30.7 Å². The third kappa shape index (κ3) is 7.27. The van der Waals surface area contributed by atoms with Crippen molar-refractivity contribution in [3.8, 4) is 0 Å². The van der Waals surface area contributed by atoms with Crippen molar-refractivity contribution >= 4 is 38.7 Å². The Balaban J connectivity index is 1.76. The second-order valence-electron chi connectivity index (χ2n) is 8.41. The summed E-state index contributed by atoms with van der Waals surface area (Å²) in [4.78, 5) is 23.7. The molecule has 0 aliphatic rings. The molecule has 1 heterocycles. The van der Waals surface area contributed by atoms with Gasteiger partial charge in [-0.2, -0.15) is 0 Å². The van der Waals surface area contributed by atoms with Gasteiger partial charge in [-0.3, -0.25) is 10.0 Å². The lowest BCUT2D eigenvalue weighted by Gasteiger charge is -2.18. The second-order valence-corrected chi connectivity index (χ2v) is 10.5. The summed E-state index contributed by atoms with van der Waals surface area (Å²) < 4.78 is 30.8. The number of hydroxylamine groups is 1. The molecule has 3 amide bonds. The van der Waals surface area contributed by atoms with Crippen molar-refractivity contribution in [2.45, 2.75) is 50.5 Å². The van der Waals surface area contributed by atoms with Gasteiger partial charge in [-0.1, -0.05) is 13.8 Å². The molecule has 1 unspecified atom stereocenters. The van der Waals surface area contributed by atoms with E-state index in [-0.39, 0.29) is 16.3 Å². The molecule has 2 rings (SSSR count). The molecule has 0 saturated carbocycles. The number of unbranched alkanes of at least 4 members (excludes halogenated alkanes) is 2. The van der Waals surface area contributed by atoms with E-state index < -0.39 is 28.0 Å². The molecule has 0 aliphatic heterocycles. The number of nitrogens with zero attached hydrogens (tertiary/aromatic N) is 3. The highest BCUT2D eigenvalue weighted by Crippen LogP contribution is 2.28. The molecule has 0 bridgehead atoms. The summed E-state index contributed by atoms with van der Waals surface area (Å²) in [6, 6.07) is 1.82. The topological polar surface area (TPSA) is 179 Å². The number of benzene rings is 1. The summed E-state index contributed by atoms with van der Waals surface area (Å²) >= 11 is 0. The number of fused-ring (bicyclic) bond motifs is 1. The van der Waals surface area contributed by atoms with E-state index in [1.807, 2.05) is 13.8 Å². The van der Waals surface area contributed by atoms with Gasteiger partial charge in [0.25, 0.3) is 5.91 Å². The highest BCUT2D eigenvalue weighted by molar-refractivity contribution is 7.89. The number of carbonyl (C=O) groups is 2. The highest BCUT2D eigenvalue weighted by Gasteiger charge is 2.24. The zero-order valence-corrected chi connectivity index (χ0v) is 20.6. The number of sulfonamides is 1. The van der Waals surface area contributed by atoms with Gasteiger partial charge in [-0.15, -0.1) is 0 Å². The lowest BCUT2D eigenvalue weighted by Crippen LogP contribution is -2.50. The number of aromatic nitrogens is 2. The van der Waals surface area contributed by atoms with E-state index in [2.05, 4.69) is 26.3 Å². The van der Waals surface area contributed by atoms with Crippen molar-refractivity contribution in [2.24, 2.45) is 5.92 Å². The van der Waals surface area contributed by atoms with Gasteiger partial charge in [0, 0.05) is 27.2 Å². The number of amides is 3. The molecule has 0 radical (unpaired) electrons. The molecule has 2 aromatic rings. The first-order chi connectivity index (χ1) is 16.1. The van der Waals surface area contributed by atoms with E-state index >= 15 is 0 Å². The summed E-state index contributed by atoms with van der Waals surface area (Å²) in [7, 11) is -0.805. The molecular weight excluding hydrogens is 466 g/mol. The first-order valence-corrected chi connectivity index (χ1v) is 12.4. The Morgan fingerprint density at radius 1 is 1.09 bits per heavy atom. The average Bonchev–Trinajstić information content (AvgIpc) is 3.27. The second kappa shape index (κ2) is 12.5. The fourth-order valence-corrected chi connectivity index (χ4v) is 4.24. The van der Waals surface area contributed by atoms with E-state index in [1.54, 1.807) is 11.5 Å². The van der Waals surface area contributed by atoms with Crippen molar-refractivity contribution in [1.29, 1.82) is 0 Å². The minimum Gasteiger partial charge on any atom is -0.383 e. The number of carbonyl (C=O) groups excluding carboxylic acids is 2. The first kappa shape index (κ1) is 27.3. The molecule has 1 atom stereocenters. The maximum atomic E-state index is 12.4. The quantitative estimate of drug-likeness (QED) is 0.154. The van der Waals surface area contributed by atoms with Crippen LogP contribution in [0.1, 0.15) is 39.5 Å².